The third kappa shape index (κ3) is 2.96. The third-order valence-electron chi connectivity index (χ3n) is 4.55. The van der Waals surface area contributed by atoms with Gasteiger partial charge in [0.25, 0.3) is 5.56 Å². The lowest BCUT2D eigenvalue weighted by Crippen LogP contribution is -2.08. The number of aromatic amines is 1. The molecule has 0 saturated carbocycles. The first-order valence-corrected chi connectivity index (χ1v) is 10.6. The number of halogens is 3. The second-order valence-electron chi connectivity index (χ2n) is 6.59. The number of pyridine rings is 2. The molecule has 0 saturated heterocycles. The third-order valence-corrected chi connectivity index (χ3v) is 6.65. The number of anilines is 1. The molecule has 0 unspecified atom stereocenters. The van der Waals surface area contributed by atoms with Gasteiger partial charge >= 0.3 is 6.18 Å². The molecule has 5 aromatic rings. The SMILES string of the molecule is CCCNc1nc2c(s1)c(=O)[nH]c1c2sc2nc(C(F)(F)F)cc(-c3ccco3)c21. The Morgan fingerprint density at radius 1 is 1.23 bits per heavy atom. The predicted octanol–water partition coefficient (Wildman–Crippen LogP) is 5.85. The molecule has 5 heterocycles. The fourth-order valence-electron chi connectivity index (χ4n) is 3.26. The number of thiazole rings is 1. The van der Waals surface area contributed by atoms with Crippen LogP contribution in [0.5, 0.6) is 0 Å². The number of nitrogens with one attached hydrogen (secondary N) is 2. The lowest BCUT2D eigenvalue weighted by atomic mass is 10.1. The van der Waals surface area contributed by atoms with Crippen LogP contribution in [0.3, 0.4) is 0 Å². The van der Waals surface area contributed by atoms with E-state index >= 15 is 0 Å². The molecule has 0 amide bonds. The zero-order valence-corrected chi connectivity index (χ0v) is 17.0. The number of hydrogen-bond acceptors (Lipinski definition) is 7. The van der Waals surface area contributed by atoms with Crippen molar-refractivity contribution < 1.29 is 17.6 Å². The second kappa shape index (κ2) is 6.81. The van der Waals surface area contributed by atoms with Crippen molar-refractivity contribution in [2.24, 2.45) is 0 Å². The Bertz CT molecular complexity index is 1450. The van der Waals surface area contributed by atoms with E-state index in [-0.39, 0.29) is 21.7 Å². The molecule has 2 N–H and O–H groups in total. The number of rotatable bonds is 4. The molecule has 0 aliphatic rings. The van der Waals surface area contributed by atoms with Gasteiger partial charge in [0, 0.05) is 17.5 Å². The minimum absolute atomic E-state index is 0.158. The fourth-order valence-corrected chi connectivity index (χ4v) is 5.37. The molecule has 11 heteroatoms. The first kappa shape index (κ1) is 19.1. The Morgan fingerprint density at radius 3 is 2.77 bits per heavy atom. The van der Waals surface area contributed by atoms with E-state index in [1.54, 1.807) is 12.1 Å². The molecule has 5 aromatic heterocycles. The van der Waals surface area contributed by atoms with Crippen LogP contribution in [0, 0.1) is 0 Å². The highest BCUT2D eigenvalue weighted by Crippen LogP contribution is 2.43. The van der Waals surface area contributed by atoms with Crippen LogP contribution in [-0.4, -0.2) is 21.5 Å². The molecular weight excluding hydrogens is 437 g/mol. The van der Waals surface area contributed by atoms with E-state index in [2.05, 4.69) is 20.3 Å². The van der Waals surface area contributed by atoms with Gasteiger partial charge in [-0.2, -0.15) is 13.2 Å². The summed E-state index contributed by atoms with van der Waals surface area (Å²) in [6.45, 7) is 2.71. The van der Waals surface area contributed by atoms with Crippen molar-refractivity contribution in [2.75, 3.05) is 11.9 Å². The normalized spacial score (nSPS) is 12.4. The van der Waals surface area contributed by atoms with E-state index in [1.165, 1.54) is 17.6 Å². The van der Waals surface area contributed by atoms with Crippen molar-refractivity contribution in [3.8, 4) is 11.3 Å². The Kier molecular flexibility index (Phi) is 4.33. The minimum atomic E-state index is -4.62. The summed E-state index contributed by atoms with van der Waals surface area (Å²) in [6, 6.07) is 4.12. The first-order valence-electron chi connectivity index (χ1n) is 9.02. The lowest BCUT2D eigenvalue weighted by molar-refractivity contribution is -0.140. The summed E-state index contributed by atoms with van der Waals surface area (Å²) in [5.74, 6) is 0.261. The minimum Gasteiger partial charge on any atom is -0.464 e. The number of nitrogens with zero attached hydrogens (tertiary/aromatic N) is 2. The standard InChI is InChI=1S/C19H13F3N4O2S2/c1-2-5-23-18-26-13-14-12(25-16(27)15(13)30-18)11-8(9-4-3-6-28-9)7-10(19(20,21)22)24-17(11)29-14/h3-4,6-7H,2,5H2,1H3,(H,23,26)(H,25,27). The molecular formula is C19H13F3N4O2S2. The topological polar surface area (TPSA) is 83.8 Å². The van der Waals surface area contributed by atoms with Crippen molar-refractivity contribution in [2.45, 2.75) is 19.5 Å². The van der Waals surface area contributed by atoms with Gasteiger partial charge in [0.05, 0.1) is 16.5 Å². The highest BCUT2D eigenvalue weighted by atomic mass is 32.1. The Labute approximate surface area is 174 Å². The number of fused-ring (bicyclic) bond motifs is 5. The van der Waals surface area contributed by atoms with Gasteiger partial charge in [-0.1, -0.05) is 18.3 Å². The van der Waals surface area contributed by atoms with Gasteiger partial charge in [-0.05, 0) is 24.6 Å². The van der Waals surface area contributed by atoms with Crippen LogP contribution in [0.2, 0.25) is 0 Å². The van der Waals surface area contributed by atoms with E-state index in [0.29, 0.717) is 37.5 Å². The maximum Gasteiger partial charge on any atom is 0.433 e. The smallest absolute Gasteiger partial charge is 0.433 e. The zero-order valence-electron chi connectivity index (χ0n) is 15.4. The molecule has 5 rings (SSSR count). The number of aromatic nitrogens is 3. The fraction of sp³-hybridized carbons (Fsp3) is 0.211. The van der Waals surface area contributed by atoms with Crippen molar-refractivity contribution in [3.63, 3.8) is 0 Å². The van der Waals surface area contributed by atoms with Gasteiger partial charge in [0.15, 0.2) is 5.13 Å². The number of furan rings is 1. The predicted molar refractivity (Wildman–Crippen MR) is 112 cm³/mol. The van der Waals surface area contributed by atoms with Crippen LogP contribution in [0.15, 0.2) is 33.7 Å². The van der Waals surface area contributed by atoms with Gasteiger partial charge in [0.1, 0.15) is 26.5 Å². The van der Waals surface area contributed by atoms with E-state index in [1.807, 2.05) is 6.92 Å². The number of H-pyrrole nitrogens is 1. The van der Waals surface area contributed by atoms with Gasteiger partial charge in [-0.15, -0.1) is 11.3 Å². The highest BCUT2D eigenvalue weighted by molar-refractivity contribution is 7.27. The monoisotopic (exact) mass is 450 g/mol. The molecule has 154 valence electrons. The first-order chi connectivity index (χ1) is 14.4. The highest BCUT2D eigenvalue weighted by Gasteiger charge is 2.34. The molecule has 0 bridgehead atoms. The maximum absolute atomic E-state index is 13.5. The van der Waals surface area contributed by atoms with E-state index in [9.17, 15) is 18.0 Å². The quantitative estimate of drug-likeness (QED) is 0.359. The van der Waals surface area contributed by atoms with E-state index in [4.69, 9.17) is 4.42 Å². The van der Waals surface area contributed by atoms with E-state index in [0.717, 1.165) is 23.8 Å². The average Bonchev–Trinajstić information content (AvgIpc) is 3.43. The van der Waals surface area contributed by atoms with Gasteiger partial charge in [0.2, 0.25) is 0 Å². The Hall–Kier alpha value is -2.92. The molecule has 30 heavy (non-hydrogen) atoms. The zero-order chi connectivity index (χ0) is 21.0. The average molecular weight is 450 g/mol. The molecule has 0 atom stereocenters. The van der Waals surface area contributed by atoms with Crippen LogP contribution in [0.1, 0.15) is 19.0 Å². The molecule has 0 spiro atoms. The number of alkyl halides is 3. The summed E-state index contributed by atoms with van der Waals surface area (Å²) < 4.78 is 46.8. The van der Waals surface area contributed by atoms with Crippen LogP contribution in [0.25, 0.3) is 42.0 Å². The van der Waals surface area contributed by atoms with Crippen molar-refractivity contribution in [1.29, 1.82) is 0 Å². The summed E-state index contributed by atoms with van der Waals surface area (Å²) in [5, 5.41) is 4.16. The van der Waals surface area contributed by atoms with Crippen molar-refractivity contribution in [3.05, 3.63) is 40.5 Å². The largest absolute Gasteiger partial charge is 0.464 e. The lowest BCUT2D eigenvalue weighted by Gasteiger charge is -2.08. The van der Waals surface area contributed by atoms with Crippen LogP contribution in [0.4, 0.5) is 18.3 Å². The molecule has 6 nitrogen and oxygen atoms in total. The van der Waals surface area contributed by atoms with Crippen LogP contribution < -0.4 is 10.9 Å². The number of thiophene rings is 1. The summed E-state index contributed by atoms with van der Waals surface area (Å²) in [4.78, 5) is 24.1. The molecule has 0 radical (unpaired) electrons. The van der Waals surface area contributed by atoms with E-state index < -0.39 is 11.9 Å². The summed E-state index contributed by atoms with van der Waals surface area (Å²) in [5.41, 5.74) is -0.274. The number of hydrogen-bond donors (Lipinski definition) is 2. The van der Waals surface area contributed by atoms with Crippen molar-refractivity contribution >= 4 is 58.5 Å². The Balaban J connectivity index is 1.88. The maximum atomic E-state index is 13.5. The van der Waals surface area contributed by atoms with Crippen LogP contribution >= 0.6 is 22.7 Å². The van der Waals surface area contributed by atoms with Crippen molar-refractivity contribution in [1.82, 2.24) is 15.0 Å². The van der Waals surface area contributed by atoms with Crippen LogP contribution in [-0.2, 0) is 6.18 Å². The molecule has 0 aliphatic carbocycles. The second-order valence-corrected chi connectivity index (χ2v) is 8.59. The molecule has 0 aromatic carbocycles. The van der Waals surface area contributed by atoms with Gasteiger partial charge < -0.3 is 14.7 Å². The van der Waals surface area contributed by atoms with Gasteiger partial charge in [-0.25, -0.2) is 9.97 Å². The summed E-state index contributed by atoms with van der Waals surface area (Å²) >= 11 is 2.29. The summed E-state index contributed by atoms with van der Waals surface area (Å²) in [6.07, 6.45) is -2.34. The van der Waals surface area contributed by atoms with Gasteiger partial charge in [-0.3, -0.25) is 4.79 Å². The molecule has 0 aliphatic heterocycles. The Morgan fingerprint density at radius 2 is 2.07 bits per heavy atom. The molecule has 0 fully saturated rings. The summed E-state index contributed by atoms with van der Waals surface area (Å²) in [7, 11) is 0.